The highest BCUT2D eigenvalue weighted by atomic mass is 28.3. The van der Waals surface area contributed by atoms with Gasteiger partial charge in [0.15, 0.2) is 8.07 Å². The molecule has 0 radical (unpaired) electrons. The van der Waals surface area contributed by atoms with Gasteiger partial charge in [-0.3, -0.25) is 0 Å². The molecule has 7 aromatic carbocycles. The van der Waals surface area contributed by atoms with Crippen LogP contribution in [0.25, 0.3) is 55.0 Å². The van der Waals surface area contributed by atoms with Gasteiger partial charge in [-0.25, -0.2) is 0 Å². The molecule has 0 saturated heterocycles. The van der Waals surface area contributed by atoms with E-state index in [2.05, 4.69) is 223 Å². The van der Waals surface area contributed by atoms with Crippen molar-refractivity contribution in [2.75, 3.05) is 0 Å². The monoisotopic (exact) mass is 682 g/mol. The van der Waals surface area contributed by atoms with E-state index in [9.17, 15) is 0 Å². The molecule has 2 nitrogen and oxygen atoms in total. The fourth-order valence-electron chi connectivity index (χ4n) is 8.37. The minimum Gasteiger partial charge on any atom is -0.313 e. The van der Waals surface area contributed by atoms with E-state index in [1.165, 1.54) is 64.4 Å². The number of rotatable bonds is 8. The lowest BCUT2D eigenvalue weighted by Gasteiger charge is -2.35. The molecule has 2 heterocycles. The minimum absolute atomic E-state index is 1.15. The molecule has 0 saturated carbocycles. The van der Waals surface area contributed by atoms with E-state index in [1.807, 2.05) is 0 Å². The van der Waals surface area contributed by atoms with Gasteiger partial charge < -0.3 is 9.13 Å². The summed E-state index contributed by atoms with van der Waals surface area (Å²) in [4.78, 5) is 0. The van der Waals surface area contributed by atoms with Crippen LogP contribution in [0.15, 0.2) is 212 Å². The van der Waals surface area contributed by atoms with Gasteiger partial charge in [0.2, 0.25) is 0 Å². The maximum atomic E-state index is 4.50. The molecule has 9 aromatic rings. The lowest BCUT2D eigenvalue weighted by Crippen LogP contribution is -2.68. The predicted molar refractivity (Wildman–Crippen MR) is 226 cm³/mol. The summed E-state index contributed by atoms with van der Waals surface area (Å²) in [5.74, 6) is 0. The summed E-state index contributed by atoms with van der Waals surface area (Å²) in [6.07, 6.45) is 6.72. The number of allylic oxidation sites excluding steroid dienone is 5. The number of para-hydroxylation sites is 4. The Bertz CT molecular complexity index is 2650. The topological polar surface area (TPSA) is 9.86 Å². The third-order valence-corrected chi connectivity index (χ3v) is 15.5. The number of benzene rings is 7. The summed E-state index contributed by atoms with van der Waals surface area (Å²) in [6.45, 7) is 6.71. The van der Waals surface area contributed by atoms with Gasteiger partial charge in [0.05, 0.1) is 22.1 Å². The third-order valence-electron chi connectivity index (χ3n) is 10.6. The molecule has 0 N–H and O–H groups in total. The fourth-order valence-corrected chi connectivity index (χ4v) is 13.1. The Kier molecular flexibility index (Phi) is 7.91. The first-order valence-corrected chi connectivity index (χ1v) is 19.9. The first-order valence-electron chi connectivity index (χ1n) is 17.9. The number of nitrogens with zero attached hydrogens (tertiary/aromatic N) is 2. The molecule has 0 spiro atoms. The van der Waals surface area contributed by atoms with Gasteiger partial charge in [-0.1, -0.05) is 164 Å². The highest BCUT2D eigenvalue weighted by Gasteiger charge is 2.42. The Hall–Kier alpha value is -6.42. The van der Waals surface area contributed by atoms with Crippen molar-refractivity contribution in [3.05, 3.63) is 212 Å². The summed E-state index contributed by atoms with van der Waals surface area (Å²) < 4.78 is 4.78. The highest BCUT2D eigenvalue weighted by Crippen LogP contribution is 2.33. The van der Waals surface area contributed by atoms with E-state index in [0.717, 1.165) is 11.4 Å². The van der Waals surface area contributed by atoms with Crippen molar-refractivity contribution >= 4 is 72.9 Å². The van der Waals surface area contributed by atoms with Crippen LogP contribution in [0.4, 0.5) is 0 Å². The van der Waals surface area contributed by atoms with Crippen molar-refractivity contribution in [2.24, 2.45) is 0 Å². The third kappa shape index (κ3) is 4.93. The maximum Gasteiger partial charge on any atom is 0.179 e. The van der Waals surface area contributed by atoms with Crippen molar-refractivity contribution in [2.45, 2.75) is 6.92 Å². The van der Waals surface area contributed by atoms with E-state index in [4.69, 9.17) is 0 Å². The Labute approximate surface area is 305 Å². The molecule has 0 fully saturated rings. The molecular formula is C49H38N2Si. The Morgan fingerprint density at radius 2 is 0.827 bits per heavy atom. The van der Waals surface area contributed by atoms with Gasteiger partial charge in [0, 0.05) is 32.9 Å². The molecule has 0 aliphatic heterocycles. The van der Waals surface area contributed by atoms with Crippen LogP contribution in [-0.2, 0) is 0 Å². The van der Waals surface area contributed by atoms with Crippen LogP contribution in [-0.4, -0.2) is 17.2 Å². The van der Waals surface area contributed by atoms with Gasteiger partial charge in [-0.15, -0.1) is 0 Å². The second kappa shape index (κ2) is 13.0. The quantitative estimate of drug-likeness (QED) is 0.0858. The van der Waals surface area contributed by atoms with Crippen molar-refractivity contribution in [3.63, 3.8) is 0 Å². The smallest absolute Gasteiger partial charge is 0.179 e. The van der Waals surface area contributed by atoms with E-state index in [0.29, 0.717) is 0 Å². The standard InChI is InChI=1S/C49H38N2Si/c1-3-38(33-30-36(2)50-46-26-14-10-22-42(46)43-23-11-15-27-47(43)50)52(39-18-6-4-7-19-39,40-20-8-5-9-21-40)41-34-31-37(32-35-41)51-48-28-16-12-24-44(48)45-25-13-17-29-49(45)51/h3-35H,1H2,2H3/b36-30+,38-33+. The lowest BCUT2D eigenvalue weighted by atomic mass is 10.2. The van der Waals surface area contributed by atoms with E-state index >= 15 is 0 Å². The molecule has 3 heteroatoms. The van der Waals surface area contributed by atoms with Crippen LogP contribution in [0, 0.1) is 0 Å². The molecular weight excluding hydrogens is 645 g/mol. The molecule has 0 bridgehead atoms. The van der Waals surface area contributed by atoms with Crippen molar-refractivity contribution in [3.8, 4) is 5.69 Å². The molecule has 9 rings (SSSR count). The molecule has 52 heavy (non-hydrogen) atoms. The van der Waals surface area contributed by atoms with Crippen LogP contribution in [0.1, 0.15) is 6.92 Å². The Morgan fingerprint density at radius 3 is 1.29 bits per heavy atom. The molecule has 0 amide bonds. The van der Waals surface area contributed by atoms with E-state index < -0.39 is 8.07 Å². The van der Waals surface area contributed by atoms with Crippen LogP contribution in [0.5, 0.6) is 0 Å². The molecule has 2 aromatic heterocycles. The fraction of sp³-hybridized carbons (Fsp3) is 0.0204. The largest absolute Gasteiger partial charge is 0.313 e. The zero-order valence-corrected chi connectivity index (χ0v) is 30.2. The molecule has 248 valence electrons. The number of aromatic nitrogens is 2. The van der Waals surface area contributed by atoms with Crippen molar-refractivity contribution in [1.82, 2.24) is 9.13 Å². The van der Waals surface area contributed by atoms with Crippen LogP contribution in [0.2, 0.25) is 0 Å². The van der Waals surface area contributed by atoms with Gasteiger partial charge in [0.25, 0.3) is 0 Å². The van der Waals surface area contributed by atoms with Crippen molar-refractivity contribution < 1.29 is 0 Å². The summed E-state index contributed by atoms with van der Waals surface area (Å²) in [5.41, 5.74) is 7.15. The molecule has 0 aliphatic rings. The predicted octanol–water partition coefficient (Wildman–Crippen LogP) is 10.6. The highest BCUT2D eigenvalue weighted by molar-refractivity contribution is 7.16. The summed E-state index contributed by atoms with van der Waals surface area (Å²) in [6, 6.07) is 66.3. The van der Waals surface area contributed by atoms with Crippen LogP contribution in [0.3, 0.4) is 0 Å². The molecule has 0 atom stereocenters. The zero-order chi connectivity index (χ0) is 35.1. The summed E-state index contributed by atoms with van der Waals surface area (Å²) >= 11 is 0. The van der Waals surface area contributed by atoms with Gasteiger partial charge in [0.1, 0.15) is 0 Å². The van der Waals surface area contributed by atoms with E-state index in [-0.39, 0.29) is 0 Å². The molecule has 0 unspecified atom stereocenters. The second-order valence-electron chi connectivity index (χ2n) is 13.4. The maximum absolute atomic E-state index is 4.50. The van der Waals surface area contributed by atoms with Gasteiger partial charge in [-0.05, 0) is 70.2 Å². The Morgan fingerprint density at radius 1 is 0.442 bits per heavy atom. The van der Waals surface area contributed by atoms with Gasteiger partial charge in [-0.2, -0.15) is 0 Å². The number of fused-ring (bicyclic) bond motifs is 6. The zero-order valence-electron chi connectivity index (χ0n) is 29.2. The SMILES string of the molecule is C=C/C(=C\C=C(/C)n1c2ccccc2c2ccccc21)[Si](c1ccccc1)(c1ccccc1)c1ccc(-n2c3ccccc3c3ccccc32)cc1. The number of hydrogen-bond donors (Lipinski definition) is 0. The summed E-state index contributed by atoms with van der Waals surface area (Å²) in [5, 5.41) is 10.2. The minimum atomic E-state index is -2.85. The first kappa shape index (κ1) is 31.6. The Balaban J connectivity index is 1.27. The lowest BCUT2D eigenvalue weighted by molar-refractivity contribution is 1.18. The average Bonchev–Trinajstić information content (AvgIpc) is 3.73. The van der Waals surface area contributed by atoms with Crippen molar-refractivity contribution in [1.29, 1.82) is 0 Å². The number of hydrogen-bond acceptors (Lipinski definition) is 0. The summed E-state index contributed by atoms with van der Waals surface area (Å²) in [7, 11) is -2.85. The second-order valence-corrected chi connectivity index (χ2v) is 17.2. The van der Waals surface area contributed by atoms with Gasteiger partial charge >= 0.3 is 0 Å². The average molecular weight is 683 g/mol. The van der Waals surface area contributed by atoms with Crippen LogP contribution >= 0.6 is 0 Å². The first-order chi connectivity index (χ1) is 25.7. The normalized spacial score (nSPS) is 12.6. The molecule has 0 aliphatic carbocycles. The van der Waals surface area contributed by atoms with Crippen LogP contribution < -0.4 is 15.6 Å². The van der Waals surface area contributed by atoms with E-state index in [1.54, 1.807) is 0 Å².